The number of nitrogens with one attached hydrogen (secondary N) is 1. The molecule has 1 aliphatic heterocycles. The Balaban J connectivity index is 1.67. The van der Waals surface area contributed by atoms with Gasteiger partial charge >= 0.3 is 0 Å². The van der Waals surface area contributed by atoms with E-state index in [2.05, 4.69) is 24.9 Å². The largest absolute Gasteiger partial charge is 0.332 e. The number of hydrogen-bond acceptors (Lipinski definition) is 6. The Morgan fingerprint density at radius 2 is 2.00 bits per heavy atom. The Labute approximate surface area is 149 Å². The summed E-state index contributed by atoms with van der Waals surface area (Å²) >= 11 is 0. The fraction of sp³-hybridized carbons (Fsp3) is 0.222. The lowest BCUT2D eigenvalue weighted by molar-refractivity contribution is 0.0731. The molecule has 0 unspecified atom stereocenters. The lowest BCUT2D eigenvalue weighted by Gasteiger charge is -2.27. The van der Waals surface area contributed by atoms with E-state index >= 15 is 0 Å². The number of fused-ring (bicyclic) bond motifs is 1. The highest BCUT2D eigenvalue weighted by Crippen LogP contribution is 2.19. The molecule has 130 valence electrons. The number of aryl methyl sites for hydroxylation is 1. The molecule has 0 aliphatic carbocycles. The van der Waals surface area contributed by atoms with Crippen LogP contribution in [-0.2, 0) is 13.0 Å². The third kappa shape index (κ3) is 2.97. The zero-order valence-electron chi connectivity index (χ0n) is 14.1. The molecule has 0 bridgehead atoms. The minimum absolute atomic E-state index is 0.100. The number of carbonyl (C=O) groups is 1. The normalized spacial score (nSPS) is 13.3. The number of nitrogens with zero attached hydrogens (tertiary/aromatic N) is 5. The van der Waals surface area contributed by atoms with Crippen LogP contribution < -0.4 is 5.56 Å². The molecular formula is C18H16N6O2. The molecule has 3 aromatic rings. The van der Waals surface area contributed by atoms with Crippen LogP contribution in [0.4, 0.5) is 0 Å². The van der Waals surface area contributed by atoms with E-state index in [9.17, 15) is 9.59 Å². The van der Waals surface area contributed by atoms with Crippen molar-refractivity contribution in [3.8, 4) is 11.5 Å². The molecule has 1 N–H and O–H groups in total. The Hall–Kier alpha value is -3.42. The average molecular weight is 348 g/mol. The van der Waals surface area contributed by atoms with Crippen LogP contribution in [-0.4, -0.2) is 42.3 Å². The Morgan fingerprint density at radius 1 is 1.19 bits per heavy atom. The minimum Gasteiger partial charge on any atom is -0.332 e. The summed E-state index contributed by atoms with van der Waals surface area (Å²) in [4.78, 5) is 46.4. The highest BCUT2D eigenvalue weighted by Gasteiger charge is 2.25. The van der Waals surface area contributed by atoms with Crippen molar-refractivity contribution in [3.05, 3.63) is 69.8 Å². The van der Waals surface area contributed by atoms with E-state index in [-0.39, 0.29) is 18.0 Å². The Bertz CT molecular complexity index is 1010. The number of rotatable bonds is 2. The van der Waals surface area contributed by atoms with Gasteiger partial charge in [0.25, 0.3) is 11.5 Å². The van der Waals surface area contributed by atoms with E-state index < -0.39 is 0 Å². The summed E-state index contributed by atoms with van der Waals surface area (Å²) < 4.78 is 0. The van der Waals surface area contributed by atoms with Gasteiger partial charge in [-0.05, 0) is 25.5 Å². The lowest BCUT2D eigenvalue weighted by atomic mass is 10.1. The predicted molar refractivity (Wildman–Crippen MR) is 93.3 cm³/mol. The van der Waals surface area contributed by atoms with Crippen LogP contribution in [0.25, 0.3) is 11.5 Å². The average Bonchev–Trinajstić information content (AvgIpc) is 2.68. The first-order valence-electron chi connectivity index (χ1n) is 8.22. The van der Waals surface area contributed by atoms with Crippen LogP contribution in [0.3, 0.4) is 0 Å². The number of aromatic nitrogens is 5. The van der Waals surface area contributed by atoms with E-state index in [0.29, 0.717) is 41.3 Å². The van der Waals surface area contributed by atoms with E-state index in [4.69, 9.17) is 0 Å². The summed E-state index contributed by atoms with van der Waals surface area (Å²) in [6.45, 7) is 2.59. The van der Waals surface area contributed by atoms with Crippen molar-refractivity contribution in [2.45, 2.75) is 19.9 Å². The lowest BCUT2D eigenvalue weighted by Crippen LogP contribution is -2.39. The summed E-state index contributed by atoms with van der Waals surface area (Å²) in [5, 5.41) is 0. The monoisotopic (exact) mass is 348 g/mol. The summed E-state index contributed by atoms with van der Waals surface area (Å²) in [6, 6.07) is 3.35. The molecule has 4 heterocycles. The third-order valence-corrected chi connectivity index (χ3v) is 4.31. The van der Waals surface area contributed by atoms with Gasteiger partial charge in [-0.2, -0.15) is 0 Å². The van der Waals surface area contributed by atoms with Gasteiger partial charge in [-0.15, -0.1) is 0 Å². The first kappa shape index (κ1) is 16.1. The summed E-state index contributed by atoms with van der Waals surface area (Å²) in [6.07, 6.45) is 6.83. The van der Waals surface area contributed by atoms with E-state index in [1.807, 2.05) is 6.92 Å². The molecule has 0 spiro atoms. The van der Waals surface area contributed by atoms with Crippen molar-refractivity contribution in [3.63, 3.8) is 0 Å². The second-order valence-electron chi connectivity index (χ2n) is 6.10. The zero-order valence-corrected chi connectivity index (χ0v) is 14.1. The van der Waals surface area contributed by atoms with Gasteiger partial charge in [0, 0.05) is 36.3 Å². The minimum atomic E-state index is -0.191. The highest BCUT2D eigenvalue weighted by atomic mass is 16.2. The molecule has 26 heavy (non-hydrogen) atoms. The van der Waals surface area contributed by atoms with Gasteiger partial charge in [0.15, 0.2) is 5.82 Å². The summed E-state index contributed by atoms with van der Waals surface area (Å²) in [7, 11) is 0. The van der Waals surface area contributed by atoms with Gasteiger partial charge in [-0.3, -0.25) is 19.6 Å². The Morgan fingerprint density at radius 3 is 2.73 bits per heavy atom. The van der Waals surface area contributed by atoms with Crippen LogP contribution in [0.15, 0.2) is 41.7 Å². The topological polar surface area (TPSA) is 105 Å². The number of amides is 1. The SMILES string of the molecule is Cc1cnc(-c2nc3c(c(=O)[nH]2)CCN(C(=O)c2ccncc2)C3)cn1. The van der Waals surface area contributed by atoms with E-state index in [1.54, 1.807) is 41.8 Å². The molecule has 0 saturated carbocycles. The zero-order chi connectivity index (χ0) is 18.1. The maximum Gasteiger partial charge on any atom is 0.254 e. The van der Waals surface area contributed by atoms with Crippen molar-refractivity contribution < 1.29 is 4.79 Å². The number of aromatic amines is 1. The van der Waals surface area contributed by atoms with E-state index in [1.165, 1.54) is 0 Å². The van der Waals surface area contributed by atoms with Crippen molar-refractivity contribution >= 4 is 5.91 Å². The second kappa shape index (κ2) is 6.47. The second-order valence-corrected chi connectivity index (χ2v) is 6.10. The molecule has 3 aromatic heterocycles. The summed E-state index contributed by atoms with van der Waals surface area (Å²) in [5.41, 5.74) is 2.87. The van der Waals surface area contributed by atoms with Crippen molar-refractivity contribution in [2.75, 3.05) is 6.54 Å². The van der Waals surface area contributed by atoms with Crippen LogP contribution in [0.5, 0.6) is 0 Å². The number of pyridine rings is 1. The molecule has 1 aliphatic rings. The third-order valence-electron chi connectivity index (χ3n) is 4.31. The van der Waals surface area contributed by atoms with Gasteiger partial charge < -0.3 is 9.88 Å². The molecule has 0 saturated heterocycles. The van der Waals surface area contributed by atoms with Crippen LogP contribution in [0.1, 0.15) is 27.3 Å². The first-order valence-corrected chi connectivity index (χ1v) is 8.22. The summed E-state index contributed by atoms with van der Waals surface area (Å²) in [5.74, 6) is 0.260. The molecule has 4 rings (SSSR count). The fourth-order valence-electron chi connectivity index (χ4n) is 2.93. The maximum atomic E-state index is 12.6. The van der Waals surface area contributed by atoms with Crippen molar-refractivity contribution in [1.29, 1.82) is 0 Å². The van der Waals surface area contributed by atoms with Crippen molar-refractivity contribution in [1.82, 2.24) is 29.8 Å². The van der Waals surface area contributed by atoms with Crippen LogP contribution in [0.2, 0.25) is 0 Å². The van der Waals surface area contributed by atoms with Gasteiger partial charge in [0.1, 0.15) is 5.69 Å². The fourth-order valence-corrected chi connectivity index (χ4v) is 2.93. The van der Waals surface area contributed by atoms with Gasteiger partial charge in [-0.1, -0.05) is 0 Å². The van der Waals surface area contributed by atoms with Gasteiger partial charge in [-0.25, -0.2) is 9.97 Å². The van der Waals surface area contributed by atoms with Crippen LogP contribution in [0, 0.1) is 6.92 Å². The number of hydrogen-bond donors (Lipinski definition) is 1. The van der Waals surface area contributed by atoms with Gasteiger partial charge in [0.05, 0.1) is 24.1 Å². The molecule has 0 atom stereocenters. The Kier molecular flexibility index (Phi) is 4.00. The molecule has 1 amide bonds. The number of H-pyrrole nitrogens is 1. The predicted octanol–water partition coefficient (Wildman–Crippen LogP) is 1.13. The quantitative estimate of drug-likeness (QED) is 0.744. The van der Waals surface area contributed by atoms with Gasteiger partial charge in [0.2, 0.25) is 0 Å². The standard InChI is InChI=1S/C18H16N6O2/c1-11-8-21-14(9-20-11)16-22-15-10-24(7-4-13(15)17(25)23-16)18(26)12-2-5-19-6-3-12/h2-3,5-6,8-9H,4,7,10H2,1H3,(H,22,23,25). The molecule has 0 radical (unpaired) electrons. The molecule has 8 heteroatoms. The first-order chi connectivity index (χ1) is 12.6. The van der Waals surface area contributed by atoms with Crippen molar-refractivity contribution in [2.24, 2.45) is 0 Å². The molecule has 0 aromatic carbocycles. The van der Waals surface area contributed by atoms with Crippen LogP contribution >= 0.6 is 0 Å². The number of carbonyl (C=O) groups excluding carboxylic acids is 1. The molecule has 8 nitrogen and oxygen atoms in total. The molecular weight excluding hydrogens is 332 g/mol. The van der Waals surface area contributed by atoms with E-state index in [0.717, 1.165) is 5.69 Å². The molecule has 0 fully saturated rings. The highest BCUT2D eigenvalue weighted by molar-refractivity contribution is 5.94. The maximum absolute atomic E-state index is 12.6. The smallest absolute Gasteiger partial charge is 0.254 e.